The number of ether oxygens (including phenoxy) is 1. The Labute approximate surface area is 93.1 Å². The van der Waals surface area contributed by atoms with E-state index >= 15 is 0 Å². The van der Waals surface area contributed by atoms with E-state index in [0.29, 0.717) is 17.0 Å². The monoisotopic (exact) mass is 219 g/mol. The van der Waals surface area contributed by atoms with Crippen LogP contribution in [-0.2, 0) is 0 Å². The SMILES string of the molecule is COc1ccc2cccc([C@@H](O)CO)c2n1. The van der Waals surface area contributed by atoms with E-state index in [4.69, 9.17) is 9.84 Å². The molecule has 4 nitrogen and oxygen atoms in total. The van der Waals surface area contributed by atoms with Crippen LogP contribution in [0.2, 0.25) is 0 Å². The second kappa shape index (κ2) is 4.47. The summed E-state index contributed by atoms with van der Waals surface area (Å²) in [4.78, 5) is 4.27. The number of benzene rings is 1. The number of methoxy groups -OCH3 is 1. The van der Waals surface area contributed by atoms with Crippen LogP contribution >= 0.6 is 0 Å². The van der Waals surface area contributed by atoms with E-state index in [2.05, 4.69) is 4.98 Å². The molecule has 1 atom stereocenters. The van der Waals surface area contributed by atoms with Gasteiger partial charge in [-0.2, -0.15) is 0 Å². The molecule has 1 aromatic carbocycles. The van der Waals surface area contributed by atoms with Gasteiger partial charge in [-0.1, -0.05) is 18.2 Å². The second-order valence-electron chi connectivity index (χ2n) is 3.47. The van der Waals surface area contributed by atoms with E-state index in [1.165, 1.54) is 0 Å². The largest absolute Gasteiger partial charge is 0.481 e. The highest BCUT2D eigenvalue weighted by atomic mass is 16.5. The molecule has 1 aromatic heterocycles. The first-order chi connectivity index (χ1) is 7.76. The van der Waals surface area contributed by atoms with E-state index in [9.17, 15) is 5.11 Å². The molecule has 0 aliphatic rings. The maximum atomic E-state index is 9.66. The molecule has 2 aromatic rings. The predicted molar refractivity (Wildman–Crippen MR) is 60.3 cm³/mol. The van der Waals surface area contributed by atoms with Crippen molar-refractivity contribution in [3.05, 3.63) is 35.9 Å². The molecule has 4 heteroatoms. The van der Waals surface area contributed by atoms with Crippen molar-refractivity contribution in [3.8, 4) is 5.88 Å². The lowest BCUT2D eigenvalue weighted by atomic mass is 10.1. The minimum atomic E-state index is -0.914. The number of nitrogens with zero attached hydrogens (tertiary/aromatic N) is 1. The molecular formula is C12H13NO3. The summed E-state index contributed by atoms with van der Waals surface area (Å²) >= 11 is 0. The zero-order valence-corrected chi connectivity index (χ0v) is 8.92. The van der Waals surface area contributed by atoms with Crippen LogP contribution in [0.4, 0.5) is 0 Å². The van der Waals surface area contributed by atoms with Crippen molar-refractivity contribution in [1.82, 2.24) is 4.98 Å². The number of aliphatic hydroxyl groups excluding tert-OH is 2. The van der Waals surface area contributed by atoms with Gasteiger partial charge < -0.3 is 14.9 Å². The number of rotatable bonds is 3. The van der Waals surface area contributed by atoms with Gasteiger partial charge in [-0.25, -0.2) is 4.98 Å². The Morgan fingerprint density at radius 3 is 2.81 bits per heavy atom. The van der Waals surface area contributed by atoms with Crippen LogP contribution < -0.4 is 4.74 Å². The molecule has 1 heterocycles. The van der Waals surface area contributed by atoms with Crippen LogP contribution in [-0.4, -0.2) is 28.9 Å². The molecule has 84 valence electrons. The van der Waals surface area contributed by atoms with Gasteiger partial charge in [0.05, 0.1) is 19.2 Å². The molecule has 0 bridgehead atoms. The Morgan fingerprint density at radius 2 is 2.12 bits per heavy atom. The zero-order valence-electron chi connectivity index (χ0n) is 8.92. The van der Waals surface area contributed by atoms with Crippen molar-refractivity contribution in [2.45, 2.75) is 6.10 Å². The fraction of sp³-hybridized carbons (Fsp3) is 0.250. The van der Waals surface area contributed by atoms with E-state index in [1.54, 1.807) is 19.2 Å². The first kappa shape index (κ1) is 10.9. The van der Waals surface area contributed by atoms with Gasteiger partial charge in [-0.3, -0.25) is 0 Å². The number of hydrogen-bond acceptors (Lipinski definition) is 4. The van der Waals surface area contributed by atoms with Gasteiger partial charge in [0, 0.05) is 17.0 Å². The molecule has 0 saturated heterocycles. The summed E-state index contributed by atoms with van der Waals surface area (Å²) in [5.41, 5.74) is 1.27. The number of fused-ring (bicyclic) bond motifs is 1. The molecule has 0 unspecified atom stereocenters. The van der Waals surface area contributed by atoms with Gasteiger partial charge >= 0.3 is 0 Å². The summed E-state index contributed by atoms with van der Waals surface area (Å²) in [6, 6.07) is 9.10. The highest BCUT2D eigenvalue weighted by molar-refractivity contribution is 5.82. The highest BCUT2D eigenvalue weighted by Crippen LogP contribution is 2.24. The fourth-order valence-corrected chi connectivity index (χ4v) is 1.63. The van der Waals surface area contributed by atoms with Gasteiger partial charge in [0.2, 0.25) is 5.88 Å². The number of hydrogen-bond donors (Lipinski definition) is 2. The summed E-state index contributed by atoms with van der Waals surface area (Å²) in [6.07, 6.45) is -0.914. The maximum absolute atomic E-state index is 9.66. The predicted octanol–water partition coefficient (Wildman–Crippen LogP) is 1.27. The standard InChI is InChI=1S/C12H13NO3/c1-16-11-6-5-8-3-2-4-9(10(15)7-14)12(8)13-11/h2-6,10,14-15H,7H2,1H3/t10-/m0/s1. The van der Waals surface area contributed by atoms with E-state index in [-0.39, 0.29) is 6.61 Å². The maximum Gasteiger partial charge on any atom is 0.213 e. The number of aromatic nitrogens is 1. The Balaban J connectivity index is 2.64. The number of aliphatic hydroxyl groups is 2. The molecule has 0 radical (unpaired) electrons. The minimum absolute atomic E-state index is 0.321. The van der Waals surface area contributed by atoms with Crippen molar-refractivity contribution < 1.29 is 14.9 Å². The summed E-state index contributed by atoms with van der Waals surface area (Å²) < 4.78 is 5.04. The van der Waals surface area contributed by atoms with Gasteiger partial charge in [0.25, 0.3) is 0 Å². The van der Waals surface area contributed by atoms with Crippen LogP contribution in [0, 0.1) is 0 Å². The number of pyridine rings is 1. The van der Waals surface area contributed by atoms with Crippen molar-refractivity contribution >= 4 is 10.9 Å². The van der Waals surface area contributed by atoms with Crippen molar-refractivity contribution in [1.29, 1.82) is 0 Å². The lowest BCUT2D eigenvalue weighted by molar-refractivity contribution is 0.0965. The summed E-state index contributed by atoms with van der Waals surface area (Å²) in [6.45, 7) is -0.321. The molecule has 2 rings (SSSR count). The Kier molecular flexibility index (Phi) is 3.03. The van der Waals surface area contributed by atoms with Crippen LogP contribution in [0.5, 0.6) is 5.88 Å². The van der Waals surface area contributed by atoms with Crippen molar-refractivity contribution in [2.24, 2.45) is 0 Å². The lowest BCUT2D eigenvalue weighted by Crippen LogP contribution is -2.04. The third kappa shape index (κ3) is 1.85. The molecule has 0 aliphatic heterocycles. The molecule has 0 spiro atoms. The second-order valence-corrected chi connectivity index (χ2v) is 3.47. The smallest absolute Gasteiger partial charge is 0.213 e. The van der Waals surface area contributed by atoms with Gasteiger partial charge in [-0.05, 0) is 6.07 Å². The fourth-order valence-electron chi connectivity index (χ4n) is 1.63. The van der Waals surface area contributed by atoms with Gasteiger partial charge in [0.1, 0.15) is 6.10 Å². The first-order valence-corrected chi connectivity index (χ1v) is 4.99. The van der Waals surface area contributed by atoms with E-state index in [1.807, 2.05) is 18.2 Å². The van der Waals surface area contributed by atoms with Gasteiger partial charge in [-0.15, -0.1) is 0 Å². The topological polar surface area (TPSA) is 62.6 Å². The molecule has 0 saturated carbocycles. The normalized spacial score (nSPS) is 12.7. The van der Waals surface area contributed by atoms with E-state index < -0.39 is 6.10 Å². The van der Waals surface area contributed by atoms with Gasteiger partial charge in [0.15, 0.2) is 0 Å². The Hall–Kier alpha value is -1.65. The summed E-state index contributed by atoms with van der Waals surface area (Å²) in [5.74, 6) is 0.491. The third-order valence-corrected chi connectivity index (χ3v) is 2.47. The summed E-state index contributed by atoms with van der Waals surface area (Å²) in [5, 5.41) is 19.5. The molecule has 2 N–H and O–H groups in total. The molecule has 0 aliphatic carbocycles. The quantitative estimate of drug-likeness (QED) is 0.816. The minimum Gasteiger partial charge on any atom is -0.481 e. The van der Waals surface area contributed by atoms with Crippen molar-refractivity contribution in [3.63, 3.8) is 0 Å². The third-order valence-electron chi connectivity index (χ3n) is 2.47. The average molecular weight is 219 g/mol. The number of para-hydroxylation sites is 1. The summed E-state index contributed by atoms with van der Waals surface area (Å²) in [7, 11) is 1.54. The van der Waals surface area contributed by atoms with Crippen LogP contribution in [0.3, 0.4) is 0 Å². The molecule has 0 amide bonds. The van der Waals surface area contributed by atoms with E-state index in [0.717, 1.165) is 5.39 Å². The average Bonchev–Trinajstić information content (AvgIpc) is 2.36. The van der Waals surface area contributed by atoms with Crippen LogP contribution in [0.1, 0.15) is 11.7 Å². The molecular weight excluding hydrogens is 206 g/mol. The molecule has 0 fully saturated rings. The molecule has 16 heavy (non-hydrogen) atoms. The zero-order chi connectivity index (χ0) is 11.5. The highest BCUT2D eigenvalue weighted by Gasteiger charge is 2.11. The van der Waals surface area contributed by atoms with Crippen LogP contribution in [0.25, 0.3) is 10.9 Å². The lowest BCUT2D eigenvalue weighted by Gasteiger charge is -2.10. The first-order valence-electron chi connectivity index (χ1n) is 4.99. The Morgan fingerprint density at radius 1 is 1.31 bits per heavy atom. The van der Waals surface area contributed by atoms with Crippen LogP contribution in [0.15, 0.2) is 30.3 Å². The van der Waals surface area contributed by atoms with Crippen molar-refractivity contribution in [2.75, 3.05) is 13.7 Å². The Bertz CT molecular complexity index is 499.